The van der Waals surface area contributed by atoms with Crippen LogP contribution in [-0.4, -0.2) is 38.6 Å². The van der Waals surface area contributed by atoms with Crippen molar-refractivity contribution in [3.63, 3.8) is 0 Å². The van der Waals surface area contributed by atoms with Gasteiger partial charge in [-0.3, -0.25) is 9.69 Å². The molecule has 1 atom stereocenters. The Morgan fingerprint density at radius 2 is 2.50 bits per heavy atom. The van der Waals surface area contributed by atoms with Crippen LogP contribution in [0.1, 0.15) is 19.2 Å². The van der Waals surface area contributed by atoms with Crippen molar-refractivity contribution in [3.8, 4) is 0 Å². The minimum atomic E-state index is -0.679. The highest BCUT2D eigenvalue weighted by molar-refractivity contribution is 5.70. The Kier molecular flexibility index (Phi) is 3.24. The SMILES string of the molecule is CCn1ccnc1CN1CCC(C(=O)O)C1. The number of aliphatic carboxylic acids is 1. The molecule has 5 nitrogen and oxygen atoms in total. The van der Waals surface area contributed by atoms with Gasteiger partial charge < -0.3 is 9.67 Å². The molecule has 88 valence electrons. The Hall–Kier alpha value is -1.36. The summed E-state index contributed by atoms with van der Waals surface area (Å²) in [4.78, 5) is 17.3. The molecule has 0 amide bonds. The number of likely N-dealkylation sites (tertiary alicyclic amines) is 1. The number of carboxylic acid groups (broad SMARTS) is 1. The van der Waals surface area contributed by atoms with Gasteiger partial charge in [-0.15, -0.1) is 0 Å². The monoisotopic (exact) mass is 223 g/mol. The van der Waals surface area contributed by atoms with Crippen molar-refractivity contribution in [2.24, 2.45) is 5.92 Å². The largest absolute Gasteiger partial charge is 0.481 e. The standard InChI is InChI=1S/C11H17N3O2/c1-2-14-6-4-12-10(14)8-13-5-3-9(7-13)11(15)16/h4,6,9H,2-3,5,7-8H2,1H3,(H,15,16). The Bertz CT molecular complexity index is 375. The van der Waals surface area contributed by atoms with Gasteiger partial charge in [0.05, 0.1) is 12.5 Å². The average Bonchev–Trinajstić information content (AvgIpc) is 2.87. The van der Waals surface area contributed by atoms with E-state index in [9.17, 15) is 4.79 Å². The molecule has 2 rings (SSSR count). The Morgan fingerprint density at radius 3 is 3.12 bits per heavy atom. The number of hydrogen-bond acceptors (Lipinski definition) is 3. The Balaban J connectivity index is 1.94. The average molecular weight is 223 g/mol. The molecule has 0 aliphatic carbocycles. The van der Waals surface area contributed by atoms with Crippen molar-refractivity contribution in [1.82, 2.24) is 14.5 Å². The van der Waals surface area contributed by atoms with E-state index >= 15 is 0 Å². The van der Waals surface area contributed by atoms with Crippen LogP contribution in [0.5, 0.6) is 0 Å². The molecule has 0 spiro atoms. The van der Waals surface area contributed by atoms with Crippen molar-refractivity contribution in [2.45, 2.75) is 26.4 Å². The quantitative estimate of drug-likeness (QED) is 0.820. The predicted octanol–water partition coefficient (Wildman–Crippen LogP) is 0.809. The minimum absolute atomic E-state index is 0.204. The minimum Gasteiger partial charge on any atom is -0.481 e. The van der Waals surface area contributed by atoms with Gasteiger partial charge >= 0.3 is 5.97 Å². The normalized spacial score (nSPS) is 21.4. The molecular formula is C11H17N3O2. The van der Waals surface area contributed by atoms with E-state index in [0.717, 1.165) is 31.9 Å². The fourth-order valence-electron chi connectivity index (χ4n) is 2.16. The fraction of sp³-hybridized carbons (Fsp3) is 0.636. The predicted molar refractivity (Wildman–Crippen MR) is 58.9 cm³/mol. The topological polar surface area (TPSA) is 58.4 Å². The maximum Gasteiger partial charge on any atom is 0.307 e. The van der Waals surface area contributed by atoms with Gasteiger partial charge in [-0.05, 0) is 19.9 Å². The lowest BCUT2D eigenvalue weighted by Gasteiger charge is -2.15. The summed E-state index contributed by atoms with van der Waals surface area (Å²) in [5.74, 6) is 0.139. The molecule has 1 aromatic rings. The lowest BCUT2D eigenvalue weighted by atomic mass is 10.1. The first-order valence-electron chi connectivity index (χ1n) is 5.66. The van der Waals surface area contributed by atoms with E-state index in [-0.39, 0.29) is 5.92 Å². The molecule has 5 heteroatoms. The van der Waals surface area contributed by atoms with Crippen molar-refractivity contribution < 1.29 is 9.90 Å². The third-order valence-corrected chi connectivity index (χ3v) is 3.13. The van der Waals surface area contributed by atoms with Gasteiger partial charge in [0.15, 0.2) is 0 Å². The van der Waals surface area contributed by atoms with E-state index in [0.29, 0.717) is 6.54 Å². The first-order chi connectivity index (χ1) is 7.70. The Morgan fingerprint density at radius 1 is 1.69 bits per heavy atom. The molecule has 0 saturated carbocycles. The molecule has 1 saturated heterocycles. The van der Waals surface area contributed by atoms with Crippen LogP contribution in [0, 0.1) is 5.92 Å². The number of rotatable bonds is 4. The number of nitrogens with zero attached hydrogens (tertiary/aromatic N) is 3. The van der Waals surface area contributed by atoms with Crippen LogP contribution in [-0.2, 0) is 17.9 Å². The maximum atomic E-state index is 10.8. The molecule has 1 aromatic heterocycles. The van der Waals surface area contributed by atoms with Crippen LogP contribution >= 0.6 is 0 Å². The second-order valence-corrected chi connectivity index (χ2v) is 4.19. The van der Waals surface area contributed by atoms with Gasteiger partial charge in [0, 0.05) is 25.5 Å². The summed E-state index contributed by atoms with van der Waals surface area (Å²) < 4.78 is 2.09. The first-order valence-corrected chi connectivity index (χ1v) is 5.66. The second kappa shape index (κ2) is 4.65. The zero-order valence-electron chi connectivity index (χ0n) is 9.46. The molecular weight excluding hydrogens is 206 g/mol. The summed E-state index contributed by atoms with van der Waals surface area (Å²) in [5, 5.41) is 8.91. The van der Waals surface area contributed by atoms with Crippen molar-refractivity contribution in [3.05, 3.63) is 18.2 Å². The summed E-state index contributed by atoms with van der Waals surface area (Å²) in [7, 11) is 0. The van der Waals surface area contributed by atoms with Gasteiger partial charge in [0.25, 0.3) is 0 Å². The van der Waals surface area contributed by atoms with Crippen molar-refractivity contribution in [2.75, 3.05) is 13.1 Å². The molecule has 2 heterocycles. The molecule has 1 aliphatic rings. The third kappa shape index (κ3) is 2.24. The number of hydrogen-bond donors (Lipinski definition) is 1. The van der Waals surface area contributed by atoms with E-state index in [2.05, 4.69) is 21.4 Å². The molecule has 1 unspecified atom stereocenters. The number of aryl methyl sites for hydroxylation is 1. The third-order valence-electron chi connectivity index (χ3n) is 3.13. The Labute approximate surface area is 94.7 Å². The fourth-order valence-corrected chi connectivity index (χ4v) is 2.16. The number of carbonyl (C=O) groups is 1. The lowest BCUT2D eigenvalue weighted by Crippen LogP contribution is -2.24. The van der Waals surface area contributed by atoms with E-state index in [4.69, 9.17) is 5.11 Å². The number of imidazole rings is 1. The second-order valence-electron chi connectivity index (χ2n) is 4.19. The number of aromatic nitrogens is 2. The molecule has 1 N–H and O–H groups in total. The van der Waals surface area contributed by atoms with Crippen LogP contribution in [0.15, 0.2) is 12.4 Å². The van der Waals surface area contributed by atoms with Gasteiger partial charge in [-0.25, -0.2) is 4.98 Å². The van der Waals surface area contributed by atoms with E-state index in [1.165, 1.54) is 0 Å². The van der Waals surface area contributed by atoms with E-state index in [1.54, 1.807) is 6.20 Å². The highest BCUT2D eigenvalue weighted by Gasteiger charge is 2.28. The van der Waals surface area contributed by atoms with Gasteiger partial charge in [-0.1, -0.05) is 0 Å². The lowest BCUT2D eigenvalue weighted by molar-refractivity contribution is -0.141. The summed E-state index contributed by atoms with van der Waals surface area (Å²) in [6.45, 7) is 5.24. The van der Waals surface area contributed by atoms with Crippen LogP contribution in [0.4, 0.5) is 0 Å². The maximum absolute atomic E-state index is 10.8. The van der Waals surface area contributed by atoms with Gasteiger partial charge in [0.2, 0.25) is 0 Å². The van der Waals surface area contributed by atoms with Crippen molar-refractivity contribution in [1.29, 1.82) is 0 Å². The van der Waals surface area contributed by atoms with Crippen molar-refractivity contribution >= 4 is 5.97 Å². The zero-order chi connectivity index (χ0) is 11.5. The molecule has 0 bridgehead atoms. The summed E-state index contributed by atoms with van der Waals surface area (Å²) >= 11 is 0. The van der Waals surface area contributed by atoms with Gasteiger partial charge in [0.1, 0.15) is 5.82 Å². The van der Waals surface area contributed by atoms with E-state index < -0.39 is 5.97 Å². The number of carboxylic acids is 1. The first kappa shape index (κ1) is 11.1. The van der Waals surface area contributed by atoms with Crippen LogP contribution in [0.3, 0.4) is 0 Å². The summed E-state index contributed by atoms with van der Waals surface area (Å²) in [6.07, 6.45) is 4.51. The highest BCUT2D eigenvalue weighted by Crippen LogP contribution is 2.18. The molecule has 0 radical (unpaired) electrons. The molecule has 16 heavy (non-hydrogen) atoms. The zero-order valence-corrected chi connectivity index (χ0v) is 9.46. The van der Waals surface area contributed by atoms with Crippen LogP contribution in [0.2, 0.25) is 0 Å². The van der Waals surface area contributed by atoms with Gasteiger partial charge in [-0.2, -0.15) is 0 Å². The summed E-state index contributed by atoms with van der Waals surface area (Å²) in [5.41, 5.74) is 0. The highest BCUT2D eigenvalue weighted by atomic mass is 16.4. The molecule has 1 fully saturated rings. The summed E-state index contributed by atoms with van der Waals surface area (Å²) in [6, 6.07) is 0. The van der Waals surface area contributed by atoms with Crippen LogP contribution in [0.25, 0.3) is 0 Å². The molecule has 1 aliphatic heterocycles. The van der Waals surface area contributed by atoms with E-state index in [1.807, 2.05) is 6.20 Å². The molecule has 0 aromatic carbocycles. The smallest absolute Gasteiger partial charge is 0.307 e. The van der Waals surface area contributed by atoms with Crippen LogP contribution < -0.4 is 0 Å².